The van der Waals surface area contributed by atoms with Gasteiger partial charge in [0.2, 0.25) is 0 Å². The Hall–Kier alpha value is -3.84. The van der Waals surface area contributed by atoms with E-state index in [4.69, 9.17) is 19.3 Å². The van der Waals surface area contributed by atoms with Gasteiger partial charge in [0.15, 0.2) is 0 Å². The zero-order valence-corrected chi connectivity index (χ0v) is 20.9. The number of amides is 1. The van der Waals surface area contributed by atoms with Gasteiger partial charge in [-0.25, -0.2) is 5.01 Å². The maximum atomic E-state index is 13.7. The number of carbonyl (C=O) groups excluding carboxylic acids is 1. The monoisotopic (exact) mass is 485 g/mol. The summed E-state index contributed by atoms with van der Waals surface area (Å²) in [6.07, 6.45) is 1.53. The fourth-order valence-electron chi connectivity index (χ4n) is 4.99. The Labute approximate surface area is 211 Å². The van der Waals surface area contributed by atoms with Gasteiger partial charge in [-0.05, 0) is 59.5 Å². The molecule has 0 radical (unpaired) electrons. The molecule has 2 aliphatic heterocycles. The molecule has 3 aromatic carbocycles. The molecular formula is C29H31N3O4. The number of carbonyl (C=O) groups is 1. The van der Waals surface area contributed by atoms with Gasteiger partial charge in [-0.2, -0.15) is 5.10 Å². The lowest BCUT2D eigenvalue weighted by molar-refractivity contribution is -0.134. The van der Waals surface area contributed by atoms with Crippen molar-refractivity contribution < 1.29 is 19.0 Å². The van der Waals surface area contributed by atoms with E-state index in [0.717, 1.165) is 42.1 Å². The molecule has 2 aliphatic rings. The van der Waals surface area contributed by atoms with Gasteiger partial charge < -0.3 is 14.2 Å². The Balaban J connectivity index is 1.43. The molecule has 5 rings (SSSR count). The van der Waals surface area contributed by atoms with Gasteiger partial charge in [0, 0.05) is 31.1 Å². The molecule has 0 aliphatic carbocycles. The summed E-state index contributed by atoms with van der Waals surface area (Å²) in [5.41, 5.74) is 5.38. The van der Waals surface area contributed by atoms with E-state index < -0.39 is 0 Å². The van der Waals surface area contributed by atoms with Crippen LogP contribution in [0.5, 0.6) is 17.2 Å². The van der Waals surface area contributed by atoms with Gasteiger partial charge in [-0.1, -0.05) is 24.3 Å². The van der Waals surface area contributed by atoms with E-state index in [1.165, 1.54) is 11.1 Å². The van der Waals surface area contributed by atoms with Crippen molar-refractivity contribution >= 4 is 11.6 Å². The zero-order chi connectivity index (χ0) is 25.1. The number of nitrogens with zero attached hydrogens (tertiary/aromatic N) is 3. The summed E-state index contributed by atoms with van der Waals surface area (Å²) in [7, 11) is 4.91. The van der Waals surface area contributed by atoms with Crippen LogP contribution >= 0.6 is 0 Å². The molecule has 0 bridgehead atoms. The van der Waals surface area contributed by atoms with E-state index in [9.17, 15) is 4.79 Å². The summed E-state index contributed by atoms with van der Waals surface area (Å²) in [5.74, 6) is 2.13. The Morgan fingerprint density at radius 1 is 0.917 bits per heavy atom. The van der Waals surface area contributed by atoms with Crippen molar-refractivity contribution in [3.05, 3.63) is 89.0 Å². The molecule has 1 amide bonds. The molecule has 1 unspecified atom stereocenters. The van der Waals surface area contributed by atoms with Crippen LogP contribution in [-0.2, 0) is 17.8 Å². The molecular weight excluding hydrogens is 454 g/mol. The smallest absolute Gasteiger partial charge is 0.257 e. The first-order valence-electron chi connectivity index (χ1n) is 12.1. The lowest BCUT2D eigenvalue weighted by Gasteiger charge is -2.30. The van der Waals surface area contributed by atoms with Crippen molar-refractivity contribution in [1.82, 2.24) is 9.91 Å². The first kappa shape index (κ1) is 23.9. The molecule has 186 valence electrons. The highest BCUT2D eigenvalue weighted by molar-refractivity contribution is 6.03. The van der Waals surface area contributed by atoms with Crippen LogP contribution in [0.1, 0.15) is 34.7 Å². The number of hydrogen-bond donors (Lipinski definition) is 0. The molecule has 3 aromatic rings. The Bertz CT molecular complexity index is 1270. The van der Waals surface area contributed by atoms with Crippen LogP contribution in [0.3, 0.4) is 0 Å². The molecule has 1 atom stereocenters. The van der Waals surface area contributed by atoms with Gasteiger partial charge in [-0.15, -0.1) is 0 Å². The van der Waals surface area contributed by atoms with Crippen LogP contribution in [0.15, 0.2) is 71.8 Å². The van der Waals surface area contributed by atoms with Crippen molar-refractivity contribution in [2.45, 2.75) is 25.4 Å². The summed E-state index contributed by atoms with van der Waals surface area (Å²) >= 11 is 0. The Morgan fingerprint density at radius 3 is 2.36 bits per heavy atom. The first-order valence-corrected chi connectivity index (χ1v) is 12.1. The topological polar surface area (TPSA) is 63.6 Å². The third-order valence-corrected chi connectivity index (χ3v) is 6.96. The Morgan fingerprint density at radius 2 is 1.64 bits per heavy atom. The lowest BCUT2D eigenvalue weighted by Crippen LogP contribution is -2.40. The predicted molar refractivity (Wildman–Crippen MR) is 139 cm³/mol. The number of fused-ring (bicyclic) bond motifs is 1. The summed E-state index contributed by atoms with van der Waals surface area (Å²) in [6, 6.07) is 21.7. The molecule has 0 N–H and O–H groups in total. The summed E-state index contributed by atoms with van der Waals surface area (Å²) < 4.78 is 16.4. The quantitative estimate of drug-likeness (QED) is 0.495. The highest BCUT2D eigenvalue weighted by Crippen LogP contribution is 2.39. The van der Waals surface area contributed by atoms with Crippen molar-refractivity contribution in [2.75, 3.05) is 34.4 Å². The van der Waals surface area contributed by atoms with Crippen LogP contribution in [-0.4, -0.2) is 55.9 Å². The van der Waals surface area contributed by atoms with Crippen molar-refractivity contribution in [2.24, 2.45) is 5.10 Å². The summed E-state index contributed by atoms with van der Waals surface area (Å²) in [6.45, 7) is 1.92. The minimum absolute atomic E-state index is 0.0271. The van der Waals surface area contributed by atoms with Crippen LogP contribution in [0, 0.1) is 0 Å². The molecule has 0 saturated carbocycles. The van der Waals surface area contributed by atoms with Crippen LogP contribution in [0.4, 0.5) is 0 Å². The lowest BCUT2D eigenvalue weighted by atomic mass is 9.97. The summed E-state index contributed by atoms with van der Waals surface area (Å²) in [5, 5.41) is 6.49. The van der Waals surface area contributed by atoms with Crippen molar-refractivity contribution in [3.63, 3.8) is 0 Å². The largest absolute Gasteiger partial charge is 0.497 e. The number of methoxy groups -OCH3 is 3. The average Bonchev–Trinajstić information content (AvgIpc) is 3.38. The SMILES string of the molecule is COc1ccc(C2=NN(C(=O)CN3CCc4ccccc4C3)C(c3ccc(OC)cc3OC)C2)cc1. The van der Waals surface area contributed by atoms with Crippen LogP contribution in [0.2, 0.25) is 0 Å². The van der Waals surface area contributed by atoms with Gasteiger partial charge in [0.05, 0.1) is 39.6 Å². The fourth-order valence-corrected chi connectivity index (χ4v) is 4.99. The molecule has 7 heteroatoms. The molecule has 0 fully saturated rings. The number of hydrogen-bond acceptors (Lipinski definition) is 6. The normalized spacial score (nSPS) is 17.4. The highest BCUT2D eigenvalue weighted by atomic mass is 16.5. The maximum absolute atomic E-state index is 13.7. The minimum atomic E-state index is -0.271. The minimum Gasteiger partial charge on any atom is -0.497 e. The van der Waals surface area contributed by atoms with Gasteiger partial charge in [0.25, 0.3) is 5.91 Å². The molecule has 36 heavy (non-hydrogen) atoms. The molecule has 0 spiro atoms. The second kappa shape index (κ2) is 10.4. The van der Waals surface area contributed by atoms with E-state index in [0.29, 0.717) is 24.5 Å². The highest BCUT2D eigenvalue weighted by Gasteiger charge is 2.36. The third kappa shape index (κ3) is 4.79. The van der Waals surface area contributed by atoms with E-state index in [2.05, 4.69) is 29.2 Å². The standard InChI is InChI=1S/C29H31N3O4/c1-34-23-10-8-21(9-11-23)26-17-27(25-13-12-24(35-2)16-28(25)36-3)32(30-26)29(33)19-31-15-14-20-6-4-5-7-22(20)18-31/h4-13,16,27H,14-15,17-19H2,1-3H3. The number of hydrazone groups is 1. The van der Waals surface area contributed by atoms with E-state index in [1.807, 2.05) is 42.5 Å². The van der Waals surface area contributed by atoms with Crippen molar-refractivity contribution in [3.8, 4) is 17.2 Å². The van der Waals surface area contributed by atoms with Gasteiger partial charge in [-0.3, -0.25) is 9.69 Å². The van der Waals surface area contributed by atoms with Crippen molar-refractivity contribution in [1.29, 1.82) is 0 Å². The number of ether oxygens (including phenoxy) is 3. The van der Waals surface area contributed by atoms with Crippen LogP contribution < -0.4 is 14.2 Å². The fraction of sp³-hybridized carbons (Fsp3) is 0.310. The number of rotatable bonds is 7. The summed E-state index contributed by atoms with van der Waals surface area (Å²) in [4.78, 5) is 15.9. The first-order chi connectivity index (χ1) is 17.6. The molecule has 0 saturated heterocycles. The molecule has 7 nitrogen and oxygen atoms in total. The van der Waals surface area contributed by atoms with Gasteiger partial charge >= 0.3 is 0 Å². The zero-order valence-electron chi connectivity index (χ0n) is 20.9. The number of benzene rings is 3. The van der Waals surface area contributed by atoms with Gasteiger partial charge in [0.1, 0.15) is 17.2 Å². The average molecular weight is 486 g/mol. The molecule has 2 heterocycles. The van der Waals surface area contributed by atoms with E-state index in [-0.39, 0.29) is 11.9 Å². The Kier molecular flexibility index (Phi) is 6.91. The van der Waals surface area contributed by atoms with Crippen LogP contribution in [0.25, 0.3) is 0 Å². The second-order valence-corrected chi connectivity index (χ2v) is 9.07. The van der Waals surface area contributed by atoms with E-state index >= 15 is 0 Å². The predicted octanol–water partition coefficient (Wildman–Crippen LogP) is 4.45. The van der Waals surface area contributed by atoms with E-state index in [1.54, 1.807) is 26.3 Å². The second-order valence-electron chi connectivity index (χ2n) is 9.07. The third-order valence-electron chi connectivity index (χ3n) is 6.96. The molecule has 0 aromatic heterocycles. The maximum Gasteiger partial charge on any atom is 0.257 e.